The van der Waals surface area contributed by atoms with Crippen molar-refractivity contribution in [3.8, 4) is 11.8 Å². The van der Waals surface area contributed by atoms with Gasteiger partial charge in [-0.15, -0.1) is 0 Å². The zero-order valence-corrected chi connectivity index (χ0v) is 11.5. The van der Waals surface area contributed by atoms with E-state index in [1.807, 2.05) is 31.2 Å². The molecule has 20 heavy (non-hydrogen) atoms. The lowest BCUT2D eigenvalue weighted by atomic mass is 10.3. The van der Waals surface area contributed by atoms with Crippen LogP contribution in [0.25, 0.3) is 0 Å². The van der Waals surface area contributed by atoms with E-state index in [1.54, 1.807) is 7.11 Å². The Bertz CT molecular complexity index is 576. The number of nitrogen functional groups attached to an aromatic ring is 1. The number of hydrogen-bond donors (Lipinski definition) is 2. The van der Waals surface area contributed by atoms with E-state index in [0.717, 1.165) is 12.1 Å². The molecule has 0 radical (unpaired) electrons. The second-order valence-corrected chi connectivity index (χ2v) is 3.97. The summed E-state index contributed by atoms with van der Waals surface area (Å²) in [7, 11) is 1.60. The smallest absolute Gasteiger partial charge is 0.323 e. The summed E-state index contributed by atoms with van der Waals surface area (Å²) in [5, 5.41) is 3.03. The first-order valence-corrected chi connectivity index (χ1v) is 6.27. The van der Waals surface area contributed by atoms with E-state index in [0.29, 0.717) is 18.3 Å². The van der Waals surface area contributed by atoms with Crippen LogP contribution in [0.3, 0.4) is 0 Å². The number of rotatable bonds is 6. The van der Waals surface area contributed by atoms with Crippen LogP contribution in [0.15, 0.2) is 24.3 Å². The van der Waals surface area contributed by atoms with Crippen molar-refractivity contribution in [3.05, 3.63) is 24.3 Å². The fraction of sp³-hybridized carbons (Fsp3) is 0.308. The first-order chi connectivity index (χ1) is 9.72. The van der Waals surface area contributed by atoms with Crippen LogP contribution in [0.5, 0.6) is 11.8 Å². The van der Waals surface area contributed by atoms with Gasteiger partial charge in [0.25, 0.3) is 0 Å². The van der Waals surface area contributed by atoms with Gasteiger partial charge >= 0.3 is 6.01 Å². The van der Waals surface area contributed by atoms with Crippen LogP contribution in [-0.2, 0) is 0 Å². The minimum atomic E-state index is 0.100. The molecule has 0 saturated carbocycles. The maximum Gasteiger partial charge on any atom is 0.323 e. The third-order valence-electron chi connectivity index (χ3n) is 2.42. The Hall–Kier alpha value is -2.57. The number of anilines is 3. The molecule has 0 amide bonds. The molecule has 7 nitrogen and oxygen atoms in total. The molecule has 1 heterocycles. The number of nitrogens with one attached hydrogen (secondary N) is 1. The van der Waals surface area contributed by atoms with E-state index in [1.165, 1.54) is 0 Å². The normalized spacial score (nSPS) is 10.1. The summed E-state index contributed by atoms with van der Waals surface area (Å²) in [6.07, 6.45) is 0.862. The standard InChI is InChI=1S/C13H17N5O2/c1-3-8-20-13-17-11(14)16-12(18-13)15-9-6-4-5-7-10(9)19-2/h4-7H,3,8H2,1-2H3,(H3,14,15,16,17,18). The molecule has 2 aromatic rings. The summed E-state index contributed by atoms with van der Waals surface area (Å²) in [4.78, 5) is 12.1. The zero-order valence-electron chi connectivity index (χ0n) is 11.5. The Morgan fingerprint density at radius 1 is 1.20 bits per heavy atom. The molecule has 0 aliphatic rings. The number of nitrogens with two attached hydrogens (primary N) is 1. The number of hydrogen-bond acceptors (Lipinski definition) is 7. The summed E-state index contributed by atoms with van der Waals surface area (Å²) >= 11 is 0. The average Bonchev–Trinajstić information content (AvgIpc) is 2.45. The molecule has 1 aromatic carbocycles. The highest BCUT2D eigenvalue weighted by Gasteiger charge is 2.08. The predicted octanol–water partition coefficient (Wildman–Crippen LogP) is 1.99. The maximum atomic E-state index is 5.64. The molecule has 0 fully saturated rings. The molecule has 3 N–H and O–H groups in total. The average molecular weight is 275 g/mol. The van der Waals surface area contributed by atoms with Crippen molar-refractivity contribution >= 4 is 17.6 Å². The quantitative estimate of drug-likeness (QED) is 0.832. The van der Waals surface area contributed by atoms with Gasteiger partial charge in [0, 0.05) is 0 Å². The van der Waals surface area contributed by atoms with E-state index in [9.17, 15) is 0 Å². The van der Waals surface area contributed by atoms with Gasteiger partial charge in [0.2, 0.25) is 11.9 Å². The first-order valence-electron chi connectivity index (χ1n) is 6.27. The summed E-state index contributed by atoms with van der Waals surface area (Å²) in [6, 6.07) is 7.65. The van der Waals surface area contributed by atoms with Crippen LogP contribution in [0, 0.1) is 0 Å². The van der Waals surface area contributed by atoms with Crippen LogP contribution in [0.4, 0.5) is 17.6 Å². The van der Waals surface area contributed by atoms with E-state index in [2.05, 4.69) is 20.3 Å². The fourth-order valence-electron chi connectivity index (χ4n) is 1.55. The van der Waals surface area contributed by atoms with Gasteiger partial charge in [-0.25, -0.2) is 0 Å². The molecular weight excluding hydrogens is 258 g/mol. The second-order valence-electron chi connectivity index (χ2n) is 3.97. The topological polar surface area (TPSA) is 95.2 Å². The van der Waals surface area contributed by atoms with Crippen LogP contribution in [-0.4, -0.2) is 28.7 Å². The molecule has 7 heteroatoms. The summed E-state index contributed by atoms with van der Waals surface area (Å²) in [5.41, 5.74) is 6.38. The Morgan fingerprint density at radius 3 is 2.75 bits per heavy atom. The van der Waals surface area contributed by atoms with Gasteiger partial charge in [0.1, 0.15) is 5.75 Å². The zero-order chi connectivity index (χ0) is 14.4. The molecule has 2 rings (SSSR count). The lowest BCUT2D eigenvalue weighted by molar-refractivity contribution is 0.292. The molecule has 0 saturated heterocycles. The van der Waals surface area contributed by atoms with Crippen LogP contribution in [0.1, 0.15) is 13.3 Å². The van der Waals surface area contributed by atoms with Crippen molar-refractivity contribution < 1.29 is 9.47 Å². The fourth-order valence-corrected chi connectivity index (χ4v) is 1.55. The largest absolute Gasteiger partial charge is 0.495 e. The van der Waals surface area contributed by atoms with Gasteiger partial charge in [-0.1, -0.05) is 19.1 Å². The molecule has 0 bridgehead atoms. The number of nitrogens with zero attached hydrogens (tertiary/aromatic N) is 3. The van der Waals surface area contributed by atoms with Gasteiger partial charge < -0.3 is 20.5 Å². The van der Waals surface area contributed by atoms with Crippen molar-refractivity contribution in [2.45, 2.75) is 13.3 Å². The van der Waals surface area contributed by atoms with E-state index in [-0.39, 0.29) is 12.0 Å². The van der Waals surface area contributed by atoms with E-state index in [4.69, 9.17) is 15.2 Å². The summed E-state index contributed by atoms with van der Waals surface area (Å²) < 4.78 is 10.6. The number of methoxy groups -OCH3 is 1. The highest BCUT2D eigenvalue weighted by Crippen LogP contribution is 2.26. The highest BCUT2D eigenvalue weighted by atomic mass is 16.5. The van der Waals surface area contributed by atoms with Crippen molar-refractivity contribution in [2.75, 3.05) is 24.8 Å². The molecule has 0 aliphatic carbocycles. The molecule has 0 unspecified atom stereocenters. The Labute approximate surface area is 117 Å². The van der Waals surface area contributed by atoms with Crippen molar-refractivity contribution in [1.82, 2.24) is 15.0 Å². The molecule has 0 aliphatic heterocycles. The molecule has 1 aromatic heterocycles. The van der Waals surface area contributed by atoms with E-state index < -0.39 is 0 Å². The predicted molar refractivity (Wildman–Crippen MR) is 76.3 cm³/mol. The Balaban J connectivity index is 2.22. The number of para-hydroxylation sites is 2. The van der Waals surface area contributed by atoms with Crippen LogP contribution in [0.2, 0.25) is 0 Å². The summed E-state index contributed by atoms with van der Waals surface area (Å²) in [5.74, 6) is 1.10. The molecule has 0 atom stereocenters. The SMILES string of the molecule is CCCOc1nc(N)nc(Nc2ccccc2OC)n1. The van der Waals surface area contributed by atoms with Gasteiger partial charge in [0.05, 0.1) is 19.4 Å². The lowest BCUT2D eigenvalue weighted by Gasteiger charge is -2.10. The minimum absolute atomic E-state index is 0.100. The number of benzene rings is 1. The minimum Gasteiger partial charge on any atom is -0.495 e. The summed E-state index contributed by atoms with van der Waals surface area (Å²) in [6.45, 7) is 2.52. The molecule has 0 spiro atoms. The van der Waals surface area contributed by atoms with Crippen molar-refractivity contribution in [2.24, 2.45) is 0 Å². The Morgan fingerprint density at radius 2 is 2.00 bits per heavy atom. The van der Waals surface area contributed by atoms with Crippen molar-refractivity contribution in [3.63, 3.8) is 0 Å². The third kappa shape index (κ3) is 3.47. The van der Waals surface area contributed by atoms with Crippen LogP contribution < -0.4 is 20.5 Å². The van der Waals surface area contributed by atoms with Crippen molar-refractivity contribution in [1.29, 1.82) is 0 Å². The lowest BCUT2D eigenvalue weighted by Crippen LogP contribution is -2.07. The number of aromatic nitrogens is 3. The van der Waals surface area contributed by atoms with E-state index >= 15 is 0 Å². The maximum absolute atomic E-state index is 5.64. The van der Waals surface area contributed by atoms with Crippen LogP contribution >= 0.6 is 0 Å². The monoisotopic (exact) mass is 275 g/mol. The van der Waals surface area contributed by atoms with Gasteiger partial charge in [0.15, 0.2) is 0 Å². The number of ether oxygens (including phenoxy) is 2. The third-order valence-corrected chi connectivity index (χ3v) is 2.42. The van der Waals surface area contributed by atoms with Gasteiger partial charge in [-0.05, 0) is 18.6 Å². The molecule has 106 valence electrons. The second kappa shape index (κ2) is 6.55. The van der Waals surface area contributed by atoms with Gasteiger partial charge in [-0.2, -0.15) is 15.0 Å². The first kappa shape index (κ1) is 13.9. The molecular formula is C13H17N5O2. The Kier molecular flexibility index (Phi) is 4.54. The van der Waals surface area contributed by atoms with Gasteiger partial charge in [-0.3, -0.25) is 0 Å². The highest BCUT2D eigenvalue weighted by molar-refractivity contribution is 5.62.